The van der Waals surface area contributed by atoms with Crippen molar-refractivity contribution in [3.63, 3.8) is 0 Å². The molecule has 0 aliphatic rings. The zero-order valence-corrected chi connectivity index (χ0v) is 9.59. The van der Waals surface area contributed by atoms with Gasteiger partial charge in [0.2, 0.25) is 0 Å². The highest BCUT2D eigenvalue weighted by atomic mass is 14.3. The first-order chi connectivity index (χ1) is 5.37. The maximum atomic E-state index is 4.10. The van der Waals surface area contributed by atoms with E-state index in [9.17, 15) is 0 Å². The van der Waals surface area contributed by atoms with E-state index in [1.165, 1.54) is 0 Å². The van der Waals surface area contributed by atoms with Gasteiger partial charge in [-0.1, -0.05) is 48.5 Å². The van der Waals surface area contributed by atoms with E-state index in [1.54, 1.807) is 0 Å². The van der Waals surface area contributed by atoms with Crippen molar-refractivity contribution in [2.24, 2.45) is 29.6 Å². The number of hydrogen-bond donors (Lipinski definition) is 0. The second-order valence-corrected chi connectivity index (χ2v) is 4.80. The Morgan fingerprint density at radius 2 is 1.08 bits per heavy atom. The molecule has 0 amide bonds. The normalized spacial score (nSPS) is 19.8. The summed E-state index contributed by atoms with van der Waals surface area (Å²) in [5.74, 6) is 3.70. The molecule has 73 valence electrons. The van der Waals surface area contributed by atoms with Crippen molar-refractivity contribution in [2.75, 3.05) is 0 Å². The minimum atomic E-state index is 0.571. The van der Waals surface area contributed by atoms with E-state index in [0.717, 1.165) is 23.7 Å². The lowest BCUT2D eigenvalue weighted by Gasteiger charge is -2.31. The predicted molar refractivity (Wildman–Crippen MR) is 56.9 cm³/mol. The molecule has 4 unspecified atom stereocenters. The van der Waals surface area contributed by atoms with Gasteiger partial charge in [0.05, 0.1) is 0 Å². The van der Waals surface area contributed by atoms with E-state index in [0.29, 0.717) is 5.92 Å². The maximum absolute atomic E-state index is 4.10. The van der Waals surface area contributed by atoms with Crippen LogP contribution in [-0.2, 0) is 0 Å². The lowest BCUT2D eigenvalue weighted by molar-refractivity contribution is 0.193. The van der Waals surface area contributed by atoms with Gasteiger partial charge < -0.3 is 0 Å². The summed E-state index contributed by atoms with van der Waals surface area (Å²) >= 11 is 0. The summed E-state index contributed by atoms with van der Waals surface area (Å²) in [7, 11) is 0. The third-order valence-corrected chi connectivity index (χ3v) is 3.61. The van der Waals surface area contributed by atoms with Crippen LogP contribution in [0.15, 0.2) is 0 Å². The minimum absolute atomic E-state index is 0.571. The molecule has 0 aliphatic carbocycles. The molecule has 1 radical (unpaired) electrons. The van der Waals surface area contributed by atoms with Crippen LogP contribution in [0.5, 0.6) is 0 Å². The Morgan fingerprint density at radius 1 is 0.667 bits per heavy atom. The van der Waals surface area contributed by atoms with Crippen molar-refractivity contribution in [3.8, 4) is 0 Å². The van der Waals surface area contributed by atoms with Gasteiger partial charge in [-0.2, -0.15) is 0 Å². The third-order valence-electron chi connectivity index (χ3n) is 3.61. The van der Waals surface area contributed by atoms with Crippen LogP contribution in [-0.4, -0.2) is 0 Å². The van der Waals surface area contributed by atoms with Crippen molar-refractivity contribution < 1.29 is 0 Å². The van der Waals surface area contributed by atoms with Gasteiger partial charge in [0, 0.05) is 0 Å². The van der Waals surface area contributed by atoms with Crippen molar-refractivity contribution in [1.82, 2.24) is 0 Å². The minimum Gasteiger partial charge on any atom is -0.0625 e. The van der Waals surface area contributed by atoms with Crippen LogP contribution in [0.4, 0.5) is 0 Å². The van der Waals surface area contributed by atoms with Crippen LogP contribution in [0.2, 0.25) is 0 Å². The van der Waals surface area contributed by atoms with Crippen molar-refractivity contribution in [3.05, 3.63) is 6.92 Å². The average Bonchev–Trinajstić information content (AvgIpc) is 2.00. The molecule has 0 saturated heterocycles. The van der Waals surface area contributed by atoms with Gasteiger partial charge in [0.1, 0.15) is 0 Å². The average molecular weight is 169 g/mol. The largest absolute Gasteiger partial charge is 0.0625 e. The standard InChI is InChI=1S/C12H25/c1-8(2)10(5)12(7)11(6)9(3)4/h8-12H,1H2,2-7H3. The van der Waals surface area contributed by atoms with Crippen LogP contribution in [0, 0.1) is 36.5 Å². The second-order valence-electron chi connectivity index (χ2n) is 4.80. The molecule has 0 bridgehead atoms. The molecule has 12 heavy (non-hydrogen) atoms. The second kappa shape index (κ2) is 4.89. The van der Waals surface area contributed by atoms with Gasteiger partial charge in [-0.25, -0.2) is 0 Å². The molecule has 0 aromatic heterocycles. The van der Waals surface area contributed by atoms with Crippen molar-refractivity contribution in [2.45, 2.75) is 41.5 Å². The Bertz CT molecular complexity index is 99.2. The smallest absolute Gasteiger partial charge is 0.0386 e. The van der Waals surface area contributed by atoms with Crippen LogP contribution < -0.4 is 0 Å². The van der Waals surface area contributed by atoms with Crippen LogP contribution >= 0.6 is 0 Å². The first-order valence-corrected chi connectivity index (χ1v) is 5.21. The van der Waals surface area contributed by atoms with Gasteiger partial charge >= 0.3 is 0 Å². The Morgan fingerprint density at radius 3 is 1.33 bits per heavy atom. The van der Waals surface area contributed by atoms with Gasteiger partial charge in [-0.15, -0.1) is 0 Å². The van der Waals surface area contributed by atoms with Gasteiger partial charge in [-0.3, -0.25) is 0 Å². The third kappa shape index (κ3) is 3.16. The zero-order chi connectivity index (χ0) is 9.89. The van der Waals surface area contributed by atoms with Crippen LogP contribution in [0.3, 0.4) is 0 Å². The molecule has 0 aliphatic heterocycles. The SMILES string of the molecule is [CH2]C(C)C(C)C(C)C(C)C(C)C. The molecule has 0 rings (SSSR count). The highest BCUT2D eigenvalue weighted by Crippen LogP contribution is 2.30. The fourth-order valence-corrected chi connectivity index (χ4v) is 1.60. The Kier molecular flexibility index (Phi) is 4.89. The number of rotatable bonds is 4. The number of hydrogen-bond acceptors (Lipinski definition) is 0. The van der Waals surface area contributed by atoms with E-state index in [4.69, 9.17) is 0 Å². The summed E-state index contributed by atoms with van der Waals surface area (Å²) in [5.41, 5.74) is 0. The molecule has 0 N–H and O–H groups in total. The van der Waals surface area contributed by atoms with E-state index >= 15 is 0 Å². The Labute approximate surface area is 78.8 Å². The van der Waals surface area contributed by atoms with Crippen molar-refractivity contribution in [1.29, 1.82) is 0 Å². The van der Waals surface area contributed by atoms with E-state index in [2.05, 4.69) is 48.5 Å². The van der Waals surface area contributed by atoms with E-state index in [1.807, 2.05) is 0 Å². The lowest BCUT2D eigenvalue weighted by atomic mass is 9.75. The van der Waals surface area contributed by atoms with Gasteiger partial charge in [0.15, 0.2) is 0 Å². The summed E-state index contributed by atoms with van der Waals surface area (Å²) in [6.07, 6.45) is 0. The summed E-state index contributed by atoms with van der Waals surface area (Å²) < 4.78 is 0. The monoisotopic (exact) mass is 169 g/mol. The van der Waals surface area contributed by atoms with E-state index in [-0.39, 0.29) is 0 Å². The van der Waals surface area contributed by atoms with Crippen LogP contribution in [0.25, 0.3) is 0 Å². The van der Waals surface area contributed by atoms with Gasteiger partial charge in [-0.05, 0) is 29.6 Å². The van der Waals surface area contributed by atoms with Gasteiger partial charge in [0.25, 0.3) is 0 Å². The van der Waals surface area contributed by atoms with Crippen LogP contribution in [0.1, 0.15) is 41.5 Å². The highest BCUT2D eigenvalue weighted by molar-refractivity contribution is 4.74. The fourth-order valence-electron chi connectivity index (χ4n) is 1.60. The first kappa shape index (κ1) is 12.0. The molecule has 0 nitrogen and oxygen atoms in total. The summed E-state index contributed by atoms with van der Waals surface area (Å²) in [5, 5.41) is 0. The molecule has 0 saturated carbocycles. The molecular weight excluding hydrogens is 144 g/mol. The quantitative estimate of drug-likeness (QED) is 0.596. The fraction of sp³-hybridized carbons (Fsp3) is 0.917. The first-order valence-electron chi connectivity index (χ1n) is 5.21. The Balaban J connectivity index is 4.08. The molecule has 0 aromatic carbocycles. The molecule has 0 heterocycles. The zero-order valence-electron chi connectivity index (χ0n) is 9.59. The topological polar surface area (TPSA) is 0 Å². The molecule has 0 fully saturated rings. The molecule has 0 aromatic rings. The summed E-state index contributed by atoms with van der Waals surface area (Å²) in [6, 6.07) is 0. The Hall–Kier alpha value is 0. The van der Waals surface area contributed by atoms with Crippen molar-refractivity contribution >= 4 is 0 Å². The van der Waals surface area contributed by atoms with E-state index < -0.39 is 0 Å². The highest BCUT2D eigenvalue weighted by Gasteiger charge is 2.23. The lowest BCUT2D eigenvalue weighted by Crippen LogP contribution is -2.24. The molecule has 0 spiro atoms. The molecular formula is C12H25. The maximum Gasteiger partial charge on any atom is -0.0386 e. The molecule has 4 atom stereocenters. The summed E-state index contributed by atoms with van der Waals surface area (Å²) in [4.78, 5) is 0. The predicted octanol–water partition coefficient (Wildman–Crippen LogP) is 4.02. The molecule has 0 heteroatoms. The summed E-state index contributed by atoms with van der Waals surface area (Å²) in [6.45, 7) is 18.0.